The molecule has 3 rings (SSSR count). The highest BCUT2D eigenvalue weighted by Crippen LogP contribution is 2.28. The van der Waals surface area contributed by atoms with Gasteiger partial charge in [-0.2, -0.15) is 0 Å². The number of benzene rings is 2. The van der Waals surface area contributed by atoms with Gasteiger partial charge in [0.25, 0.3) is 5.91 Å². The maximum absolute atomic E-state index is 12.8. The van der Waals surface area contributed by atoms with Crippen molar-refractivity contribution in [1.29, 1.82) is 0 Å². The van der Waals surface area contributed by atoms with Crippen LogP contribution in [0.3, 0.4) is 0 Å². The molecule has 150 valence electrons. The molecule has 1 fully saturated rings. The van der Waals surface area contributed by atoms with Crippen molar-refractivity contribution >= 4 is 23.7 Å². The molecule has 0 aliphatic carbocycles. The molecule has 1 atom stereocenters. The summed E-state index contributed by atoms with van der Waals surface area (Å²) in [5.41, 5.74) is 0.885. The first-order chi connectivity index (χ1) is 13.8. The van der Waals surface area contributed by atoms with Gasteiger partial charge in [-0.25, -0.2) is 4.79 Å². The van der Waals surface area contributed by atoms with Crippen molar-refractivity contribution in [1.82, 2.24) is 10.2 Å². The number of Topliss-reactive ketones (excluding diaryl/α,β-unsaturated/α-hetero) is 1. The third-order valence-corrected chi connectivity index (χ3v) is 4.96. The molecule has 1 N–H and O–H groups in total. The molecule has 0 radical (unpaired) electrons. The summed E-state index contributed by atoms with van der Waals surface area (Å²) in [5.74, 6) is -1.73. The van der Waals surface area contributed by atoms with Crippen LogP contribution in [0.25, 0.3) is 0 Å². The Morgan fingerprint density at radius 3 is 2.31 bits per heavy atom. The second kappa shape index (κ2) is 8.26. The lowest BCUT2D eigenvalue weighted by atomic mass is 9.92. The fraction of sp³-hybridized carbons (Fsp3) is 0.273. The average molecular weight is 394 g/mol. The first-order valence-electron chi connectivity index (χ1n) is 9.32. The molecule has 1 aliphatic heterocycles. The van der Waals surface area contributed by atoms with E-state index in [1.54, 1.807) is 49.4 Å². The minimum absolute atomic E-state index is 0.354. The van der Waals surface area contributed by atoms with E-state index in [0.717, 1.165) is 16.9 Å². The SMILES string of the molecule is CCc1ccc(C(=O)COC(=O)CN2C(=O)N[C@](C)(c3ccccc3)C2=O)cc1. The minimum Gasteiger partial charge on any atom is -0.456 e. The molecule has 0 aromatic heterocycles. The molecule has 0 unspecified atom stereocenters. The van der Waals surface area contributed by atoms with E-state index < -0.39 is 36.6 Å². The number of hydrogen-bond acceptors (Lipinski definition) is 5. The Morgan fingerprint density at radius 1 is 1.03 bits per heavy atom. The van der Waals surface area contributed by atoms with E-state index in [2.05, 4.69) is 5.32 Å². The molecule has 2 aromatic carbocycles. The number of hydrogen-bond donors (Lipinski definition) is 1. The van der Waals surface area contributed by atoms with Crippen LogP contribution in [0.15, 0.2) is 54.6 Å². The van der Waals surface area contributed by atoms with E-state index in [9.17, 15) is 19.2 Å². The Kier molecular flexibility index (Phi) is 5.77. The van der Waals surface area contributed by atoms with Crippen LogP contribution in [0.5, 0.6) is 0 Å². The Balaban J connectivity index is 1.59. The summed E-state index contributed by atoms with van der Waals surface area (Å²) in [6.07, 6.45) is 0.858. The number of amides is 3. The zero-order valence-corrected chi connectivity index (χ0v) is 16.3. The van der Waals surface area contributed by atoms with E-state index in [0.29, 0.717) is 11.1 Å². The molecule has 1 saturated heterocycles. The first kappa shape index (κ1) is 20.3. The molecule has 7 nitrogen and oxygen atoms in total. The third-order valence-electron chi connectivity index (χ3n) is 4.96. The van der Waals surface area contributed by atoms with Crippen molar-refractivity contribution in [2.45, 2.75) is 25.8 Å². The predicted octanol–water partition coefficient (Wildman–Crippen LogP) is 2.44. The largest absolute Gasteiger partial charge is 0.456 e. The number of imide groups is 1. The van der Waals surface area contributed by atoms with Crippen LogP contribution in [-0.2, 0) is 26.3 Å². The van der Waals surface area contributed by atoms with Gasteiger partial charge in [0, 0.05) is 5.56 Å². The number of aryl methyl sites for hydroxylation is 1. The highest BCUT2D eigenvalue weighted by molar-refractivity contribution is 6.09. The molecule has 0 bridgehead atoms. The second-order valence-corrected chi connectivity index (χ2v) is 6.95. The fourth-order valence-electron chi connectivity index (χ4n) is 3.14. The monoisotopic (exact) mass is 394 g/mol. The summed E-state index contributed by atoms with van der Waals surface area (Å²) >= 11 is 0. The van der Waals surface area contributed by atoms with E-state index in [4.69, 9.17) is 4.74 Å². The van der Waals surface area contributed by atoms with Gasteiger partial charge in [-0.15, -0.1) is 0 Å². The maximum Gasteiger partial charge on any atom is 0.326 e. The Labute approximate surface area is 168 Å². The van der Waals surface area contributed by atoms with Gasteiger partial charge >= 0.3 is 12.0 Å². The van der Waals surface area contributed by atoms with Gasteiger partial charge in [0.1, 0.15) is 12.1 Å². The van der Waals surface area contributed by atoms with E-state index in [1.165, 1.54) is 0 Å². The second-order valence-electron chi connectivity index (χ2n) is 6.95. The number of nitrogens with one attached hydrogen (secondary N) is 1. The van der Waals surface area contributed by atoms with E-state index in [1.807, 2.05) is 19.1 Å². The van der Waals surface area contributed by atoms with Crippen LogP contribution in [0.2, 0.25) is 0 Å². The minimum atomic E-state index is -1.25. The fourth-order valence-corrected chi connectivity index (χ4v) is 3.14. The van der Waals surface area contributed by atoms with Gasteiger partial charge in [-0.1, -0.05) is 61.5 Å². The Hall–Kier alpha value is -3.48. The van der Waals surface area contributed by atoms with Gasteiger partial charge in [-0.05, 0) is 24.5 Å². The topological polar surface area (TPSA) is 92.8 Å². The highest BCUT2D eigenvalue weighted by Gasteiger charge is 2.49. The van der Waals surface area contributed by atoms with Gasteiger partial charge in [0.05, 0.1) is 0 Å². The van der Waals surface area contributed by atoms with Crippen molar-refractivity contribution in [2.75, 3.05) is 13.2 Å². The molecule has 29 heavy (non-hydrogen) atoms. The summed E-state index contributed by atoms with van der Waals surface area (Å²) in [7, 11) is 0. The van der Waals surface area contributed by atoms with Crippen LogP contribution >= 0.6 is 0 Å². The number of nitrogens with zero attached hydrogens (tertiary/aromatic N) is 1. The van der Waals surface area contributed by atoms with Crippen molar-refractivity contribution in [2.24, 2.45) is 0 Å². The van der Waals surface area contributed by atoms with Crippen LogP contribution < -0.4 is 5.32 Å². The van der Waals surface area contributed by atoms with E-state index in [-0.39, 0.29) is 5.78 Å². The Morgan fingerprint density at radius 2 is 1.69 bits per heavy atom. The molecule has 3 amide bonds. The number of carbonyl (C=O) groups excluding carboxylic acids is 4. The zero-order valence-electron chi connectivity index (χ0n) is 16.3. The van der Waals surface area contributed by atoms with Gasteiger partial charge in [0.2, 0.25) is 0 Å². The number of ether oxygens (including phenoxy) is 1. The lowest BCUT2D eigenvalue weighted by molar-refractivity contribution is -0.146. The lowest BCUT2D eigenvalue weighted by Gasteiger charge is -2.21. The molecule has 7 heteroatoms. The van der Waals surface area contributed by atoms with Crippen molar-refractivity contribution < 1.29 is 23.9 Å². The van der Waals surface area contributed by atoms with E-state index >= 15 is 0 Å². The standard InChI is InChI=1S/C22H22N2O5/c1-3-15-9-11-16(12-10-15)18(25)14-29-19(26)13-24-20(27)22(2,23-21(24)28)17-7-5-4-6-8-17/h4-12H,3,13-14H2,1-2H3,(H,23,28)/t22-/m1/s1. The molecule has 1 heterocycles. The molecular weight excluding hydrogens is 372 g/mol. The number of esters is 1. The van der Waals surface area contributed by atoms with Crippen LogP contribution in [-0.4, -0.2) is 41.7 Å². The quantitative estimate of drug-likeness (QED) is 0.442. The summed E-state index contributed by atoms with van der Waals surface area (Å²) in [6, 6.07) is 15.1. The van der Waals surface area contributed by atoms with Gasteiger partial charge < -0.3 is 10.1 Å². The molecule has 1 aliphatic rings. The van der Waals surface area contributed by atoms with Crippen molar-refractivity contribution in [3.05, 3.63) is 71.3 Å². The smallest absolute Gasteiger partial charge is 0.326 e. The molecule has 0 spiro atoms. The first-order valence-corrected chi connectivity index (χ1v) is 9.32. The summed E-state index contributed by atoms with van der Waals surface area (Å²) in [4.78, 5) is 50.1. The molecule has 0 saturated carbocycles. The number of urea groups is 1. The maximum atomic E-state index is 12.8. The summed E-state index contributed by atoms with van der Waals surface area (Å²) < 4.78 is 4.98. The van der Waals surface area contributed by atoms with Crippen molar-refractivity contribution in [3.8, 4) is 0 Å². The summed E-state index contributed by atoms with van der Waals surface area (Å²) in [5, 5.41) is 2.62. The zero-order chi connectivity index (χ0) is 21.0. The van der Waals surface area contributed by atoms with Crippen LogP contribution in [0, 0.1) is 0 Å². The molecule has 2 aromatic rings. The number of ketones is 1. The number of rotatable bonds is 7. The van der Waals surface area contributed by atoms with Crippen LogP contribution in [0.1, 0.15) is 35.3 Å². The van der Waals surface area contributed by atoms with Crippen LogP contribution in [0.4, 0.5) is 4.79 Å². The lowest BCUT2D eigenvalue weighted by Crippen LogP contribution is -2.41. The third kappa shape index (κ3) is 4.18. The highest BCUT2D eigenvalue weighted by atomic mass is 16.5. The number of carbonyl (C=O) groups is 4. The predicted molar refractivity (Wildman–Crippen MR) is 105 cm³/mol. The Bertz CT molecular complexity index is 939. The van der Waals surface area contributed by atoms with Gasteiger partial charge in [0.15, 0.2) is 12.4 Å². The summed E-state index contributed by atoms with van der Waals surface area (Å²) in [6.45, 7) is 2.58. The molecular formula is C22H22N2O5. The van der Waals surface area contributed by atoms with Crippen molar-refractivity contribution in [3.63, 3.8) is 0 Å². The normalized spacial score (nSPS) is 18.5. The average Bonchev–Trinajstić information content (AvgIpc) is 2.96. The van der Waals surface area contributed by atoms with Gasteiger partial charge in [-0.3, -0.25) is 19.3 Å².